The molecular formula is C13H19FO7. The van der Waals surface area contributed by atoms with Crippen LogP contribution in [0.3, 0.4) is 0 Å². The topological polar surface area (TPSA) is 88.1 Å². The van der Waals surface area contributed by atoms with Crippen LogP contribution in [0.2, 0.25) is 0 Å². The average molecular weight is 306 g/mol. The molecule has 1 rings (SSSR count). The fraction of sp³-hybridized carbons (Fsp3) is 0.769. The number of carbonyl (C=O) groups excluding carboxylic acids is 3. The second kappa shape index (κ2) is 6.84. The molecule has 0 N–H and O–H groups in total. The standard InChI is InChI=1S/C13H19FO7/c1-7(15)20-9-5-10(18-3)13(14,12(17)19-4)11(6-9)21-8(2)16/h9-11H,5-6H2,1-4H3/t9-,10+,11-,13-/m1/s1. The number of esters is 3. The van der Waals surface area contributed by atoms with E-state index in [-0.39, 0.29) is 12.8 Å². The molecular weight excluding hydrogens is 287 g/mol. The Morgan fingerprint density at radius 2 is 1.52 bits per heavy atom. The van der Waals surface area contributed by atoms with Crippen LogP contribution < -0.4 is 0 Å². The van der Waals surface area contributed by atoms with Gasteiger partial charge in [-0.15, -0.1) is 0 Å². The number of halogens is 1. The maximum Gasteiger partial charge on any atom is 0.350 e. The average Bonchev–Trinajstić information content (AvgIpc) is 2.39. The predicted octanol–water partition coefficient (Wildman–Crippen LogP) is 0.540. The van der Waals surface area contributed by atoms with E-state index in [1.165, 1.54) is 14.0 Å². The van der Waals surface area contributed by atoms with Crippen LogP contribution in [-0.4, -0.2) is 56.1 Å². The van der Waals surface area contributed by atoms with Gasteiger partial charge in [0, 0.05) is 33.8 Å². The van der Waals surface area contributed by atoms with Crippen molar-refractivity contribution in [2.75, 3.05) is 14.2 Å². The van der Waals surface area contributed by atoms with Crippen molar-refractivity contribution in [3.63, 3.8) is 0 Å². The van der Waals surface area contributed by atoms with Gasteiger partial charge < -0.3 is 18.9 Å². The molecule has 21 heavy (non-hydrogen) atoms. The molecule has 0 amide bonds. The molecule has 0 heterocycles. The van der Waals surface area contributed by atoms with Crippen molar-refractivity contribution < 1.29 is 37.7 Å². The molecule has 8 heteroatoms. The summed E-state index contributed by atoms with van der Waals surface area (Å²) >= 11 is 0. The van der Waals surface area contributed by atoms with Gasteiger partial charge in [-0.05, 0) is 0 Å². The van der Waals surface area contributed by atoms with Crippen LogP contribution >= 0.6 is 0 Å². The second-order valence-corrected chi connectivity index (χ2v) is 4.78. The molecule has 0 bridgehead atoms. The van der Waals surface area contributed by atoms with E-state index < -0.39 is 41.9 Å². The van der Waals surface area contributed by atoms with Crippen LogP contribution in [0.25, 0.3) is 0 Å². The van der Waals surface area contributed by atoms with Gasteiger partial charge in [-0.3, -0.25) is 9.59 Å². The van der Waals surface area contributed by atoms with Crippen LogP contribution in [0.1, 0.15) is 26.7 Å². The third-order valence-electron chi connectivity index (χ3n) is 3.31. The summed E-state index contributed by atoms with van der Waals surface area (Å²) in [6.45, 7) is 2.30. The summed E-state index contributed by atoms with van der Waals surface area (Å²) in [5.41, 5.74) is -2.65. The summed E-state index contributed by atoms with van der Waals surface area (Å²) < 4.78 is 34.5. The number of rotatable bonds is 4. The first-order valence-corrected chi connectivity index (χ1v) is 6.40. The SMILES string of the molecule is COC(=O)[C@@]1(F)[C@@H](OC)C[C@@H](OC(C)=O)C[C@H]1OC(C)=O. The Hall–Kier alpha value is -1.70. The minimum atomic E-state index is -2.65. The number of carbonyl (C=O) groups is 3. The van der Waals surface area contributed by atoms with Crippen LogP contribution in [-0.2, 0) is 33.3 Å². The molecule has 1 aliphatic carbocycles. The van der Waals surface area contributed by atoms with Gasteiger partial charge in [-0.1, -0.05) is 0 Å². The number of hydrogen-bond acceptors (Lipinski definition) is 7. The predicted molar refractivity (Wildman–Crippen MR) is 67.0 cm³/mol. The zero-order chi connectivity index (χ0) is 16.2. The maximum absolute atomic E-state index is 15.1. The Kier molecular flexibility index (Phi) is 5.65. The van der Waals surface area contributed by atoms with Gasteiger partial charge in [0.15, 0.2) is 6.10 Å². The largest absolute Gasteiger partial charge is 0.466 e. The van der Waals surface area contributed by atoms with E-state index in [9.17, 15) is 14.4 Å². The number of alkyl halides is 1. The van der Waals surface area contributed by atoms with Gasteiger partial charge in [0.2, 0.25) is 0 Å². The monoisotopic (exact) mass is 306 g/mol. The molecule has 0 saturated heterocycles. The molecule has 0 aromatic heterocycles. The third kappa shape index (κ3) is 3.69. The Morgan fingerprint density at radius 1 is 1.00 bits per heavy atom. The first-order valence-electron chi connectivity index (χ1n) is 6.40. The molecule has 0 aromatic rings. The summed E-state index contributed by atoms with van der Waals surface area (Å²) in [4.78, 5) is 34.0. The van der Waals surface area contributed by atoms with Gasteiger partial charge in [0.05, 0.1) is 7.11 Å². The van der Waals surface area contributed by atoms with Crippen LogP contribution in [0.5, 0.6) is 0 Å². The molecule has 0 unspecified atom stereocenters. The van der Waals surface area contributed by atoms with E-state index in [1.807, 2.05) is 0 Å². The van der Waals surface area contributed by atoms with E-state index in [4.69, 9.17) is 14.2 Å². The Balaban J connectivity index is 3.10. The van der Waals surface area contributed by atoms with E-state index in [0.29, 0.717) is 0 Å². The van der Waals surface area contributed by atoms with Gasteiger partial charge in [0.1, 0.15) is 12.2 Å². The first-order chi connectivity index (χ1) is 9.75. The fourth-order valence-electron chi connectivity index (χ4n) is 2.48. The van der Waals surface area contributed by atoms with Crippen molar-refractivity contribution in [2.45, 2.75) is 50.7 Å². The minimum absolute atomic E-state index is 0.0422. The van der Waals surface area contributed by atoms with Crippen molar-refractivity contribution in [1.82, 2.24) is 0 Å². The van der Waals surface area contributed by atoms with Crippen molar-refractivity contribution in [3.8, 4) is 0 Å². The highest BCUT2D eigenvalue weighted by Crippen LogP contribution is 2.38. The molecule has 0 radical (unpaired) electrons. The molecule has 4 atom stereocenters. The van der Waals surface area contributed by atoms with Gasteiger partial charge in [-0.2, -0.15) is 0 Å². The van der Waals surface area contributed by atoms with Crippen LogP contribution in [0.4, 0.5) is 4.39 Å². The highest BCUT2D eigenvalue weighted by atomic mass is 19.1. The van der Waals surface area contributed by atoms with Crippen LogP contribution in [0.15, 0.2) is 0 Å². The molecule has 1 aliphatic rings. The third-order valence-corrected chi connectivity index (χ3v) is 3.31. The summed E-state index contributed by atoms with van der Waals surface area (Å²) in [5.74, 6) is -2.51. The highest BCUT2D eigenvalue weighted by Gasteiger charge is 2.60. The quantitative estimate of drug-likeness (QED) is 0.553. The van der Waals surface area contributed by atoms with Gasteiger partial charge >= 0.3 is 17.9 Å². The van der Waals surface area contributed by atoms with Crippen LogP contribution in [0, 0.1) is 0 Å². The summed E-state index contributed by atoms with van der Waals surface area (Å²) in [5, 5.41) is 0. The maximum atomic E-state index is 15.1. The van der Waals surface area contributed by atoms with E-state index in [1.54, 1.807) is 0 Å². The summed E-state index contributed by atoms with van der Waals surface area (Å²) in [7, 11) is 2.24. The normalized spacial score (nSPS) is 32.1. The van der Waals surface area contributed by atoms with Crippen molar-refractivity contribution in [1.29, 1.82) is 0 Å². The lowest BCUT2D eigenvalue weighted by Gasteiger charge is -2.42. The Labute approximate surface area is 121 Å². The van der Waals surface area contributed by atoms with Crippen molar-refractivity contribution in [3.05, 3.63) is 0 Å². The van der Waals surface area contributed by atoms with E-state index in [2.05, 4.69) is 4.74 Å². The first kappa shape index (κ1) is 17.4. The van der Waals surface area contributed by atoms with Gasteiger partial charge in [-0.25, -0.2) is 9.18 Å². The van der Waals surface area contributed by atoms with E-state index >= 15 is 4.39 Å². The molecule has 120 valence electrons. The lowest BCUT2D eigenvalue weighted by Crippen LogP contribution is -2.62. The summed E-state index contributed by atoms with van der Waals surface area (Å²) in [6.07, 6.45) is -3.62. The smallest absolute Gasteiger partial charge is 0.350 e. The molecule has 0 spiro atoms. The Morgan fingerprint density at radius 3 is 1.95 bits per heavy atom. The second-order valence-electron chi connectivity index (χ2n) is 4.78. The van der Waals surface area contributed by atoms with Gasteiger partial charge in [0.25, 0.3) is 5.67 Å². The molecule has 1 fully saturated rings. The molecule has 7 nitrogen and oxygen atoms in total. The zero-order valence-electron chi connectivity index (χ0n) is 12.4. The summed E-state index contributed by atoms with van der Waals surface area (Å²) in [6, 6.07) is 0. The van der Waals surface area contributed by atoms with E-state index in [0.717, 1.165) is 14.0 Å². The van der Waals surface area contributed by atoms with Crippen molar-refractivity contribution >= 4 is 17.9 Å². The lowest BCUT2D eigenvalue weighted by molar-refractivity contribution is -0.207. The molecule has 0 aromatic carbocycles. The van der Waals surface area contributed by atoms with Crippen molar-refractivity contribution in [2.24, 2.45) is 0 Å². The minimum Gasteiger partial charge on any atom is -0.466 e. The molecule has 1 saturated carbocycles. The molecule has 0 aliphatic heterocycles. The number of ether oxygens (including phenoxy) is 4. The lowest BCUT2D eigenvalue weighted by atomic mass is 9.79. The highest BCUT2D eigenvalue weighted by molar-refractivity contribution is 5.82. The fourth-order valence-corrected chi connectivity index (χ4v) is 2.48. The Bertz CT molecular complexity index is 425. The zero-order valence-corrected chi connectivity index (χ0v) is 12.4. The number of methoxy groups -OCH3 is 2. The number of hydrogen-bond donors (Lipinski definition) is 0.